The molecule has 4 heteroatoms. The quantitative estimate of drug-likeness (QED) is 0.335. The summed E-state index contributed by atoms with van der Waals surface area (Å²) in [6.45, 7) is 4.35. The van der Waals surface area contributed by atoms with Gasteiger partial charge in [0.15, 0.2) is 20.4 Å². The molecule has 0 aliphatic heterocycles. The first kappa shape index (κ1) is 21.9. The highest BCUT2D eigenvalue weighted by molar-refractivity contribution is 6.52. The predicted molar refractivity (Wildman–Crippen MR) is 149 cm³/mol. The van der Waals surface area contributed by atoms with Crippen LogP contribution in [0, 0.1) is 0 Å². The van der Waals surface area contributed by atoms with E-state index in [1.165, 1.54) is 22.1 Å². The Kier molecular flexibility index (Phi) is 6.40. The lowest BCUT2D eigenvalue weighted by Crippen LogP contribution is -2.09. The van der Waals surface area contributed by atoms with Crippen LogP contribution in [-0.4, -0.2) is 24.5 Å². The van der Waals surface area contributed by atoms with Crippen LogP contribution in [0.15, 0.2) is 109 Å². The Balaban J connectivity index is 1.59. The van der Waals surface area contributed by atoms with Crippen molar-refractivity contribution in [1.29, 1.82) is 0 Å². The van der Waals surface area contributed by atoms with E-state index >= 15 is 0 Å². The fourth-order valence-corrected chi connectivity index (χ4v) is 4.14. The maximum atomic E-state index is 4.98. The molecule has 0 spiro atoms. The first-order chi connectivity index (χ1) is 16.7. The molecule has 0 aliphatic rings. The Bertz CT molecular complexity index is 1310. The normalized spacial score (nSPS) is 10.6. The van der Waals surface area contributed by atoms with Gasteiger partial charge in [0.25, 0.3) is 0 Å². The molecule has 5 aromatic rings. The Morgan fingerprint density at radius 3 is 1.32 bits per heavy atom. The molecule has 0 amide bonds. The second-order valence-corrected chi connectivity index (χ2v) is 8.51. The van der Waals surface area contributed by atoms with Gasteiger partial charge in [0.1, 0.15) is 0 Å². The zero-order valence-corrected chi connectivity index (χ0v) is 19.7. The molecule has 1 aromatic heterocycles. The zero-order chi connectivity index (χ0) is 23.3. The zero-order valence-electron chi connectivity index (χ0n) is 19.7. The van der Waals surface area contributed by atoms with E-state index in [1.807, 2.05) is 6.07 Å². The van der Waals surface area contributed by atoms with Crippen LogP contribution in [0.25, 0.3) is 45.0 Å². The molecule has 2 nitrogen and oxygen atoms in total. The van der Waals surface area contributed by atoms with Crippen molar-refractivity contribution in [3.63, 3.8) is 0 Å². The van der Waals surface area contributed by atoms with Crippen molar-refractivity contribution < 1.29 is 0 Å². The Morgan fingerprint density at radius 2 is 0.853 bits per heavy atom. The fourth-order valence-electron chi connectivity index (χ4n) is 4.14. The second kappa shape index (κ2) is 9.93. The molecule has 0 bridgehead atoms. The van der Waals surface area contributed by atoms with Gasteiger partial charge in [-0.15, -0.1) is 0 Å². The molecule has 5 rings (SSSR count). The summed E-state index contributed by atoms with van der Waals surface area (Å²) >= 11 is 0. The van der Waals surface area contributed by atoms with Gasteiger partial charge in [0.05, 0.1) is 11.4 Å². The van der Waals surface area contributed by atoms with Crippen molar-refractivity contribution in [3.8, 4) is 45.0 Å². The third-order valence-corrected chi connectivity index (χ3v) is 6.29. The number of hydrogen-bond acceptors (Lipinski definition) is 2. The molecule has 0 aliphatic carbocycles. The summed E-state index contributed by atoms with van der Waals surface area (Å²) in [7, 11) is 2.05. The van der Waals surface area contributed by atoms with Crippen LogP contribution in [0.2, 0.25) is 13.6 Å². The molecule has 0 fully saturated rings. The van der Waals surface area contributed by atoms with E-state index in [1.54, 1.807) is 0 Å². The summed E-state index contributed by atoms with van der Waals surface area (Å²) in [4.78, 5) is 9.96. The summed E-state index contributed by atoms with van der Waals surface area (Å²) in [6, 6.07) is 38.4. The Labute approximate surface area is 203 Å². The smallest absolute Gasteiger partial charge is 0.160 e. The van der Waals surface area contributed by atoms with Crippen LogP contribution in [0.3, 0.4) is 0 Å². The van der Waals surface area contributed by atoms with E-state index in [4.69, 9.17) is 9.97 Å². The van der Waals surface area contributed by atoms with Crippen molar-refractivity contribution in [3.05, 3.63) is 109 Å². The lowest BCUT2D eigenvalue weighted by molar-refractivity contribution is 1.18. The first-order valence-electron chi connectivity index (χ1n) is 12.0. The van der Waals surface area contributed by atoms with Crippen LogP contribution in [0.1, 0.15) is 0 Å². The minimum absolute atomic E-state index is 0.742. The lowest BCUT2D eigenvalue weighted by Gasteiger charge is -2.11. The van der Waals surface area contributed by atoms with Gasteiger partial charge in [-0.25, -0.2) is 9.97 Å². The molecule has 0 saturated heterocycles. The molecule has 0 saturated carbocycles. The van der Waals surface area contributed by atoms with Crippen molar-refractivity contribution in [2.75, 3.05) is 0 Å². The van der Waals surface area contributed by atoms with E-state index in [2.05, 4.69) is 117 Å². The predicted octanol–water partition coefficient (Wildman–Crippen LogP) is 5.36. The molecule has 0 N–H and O–H groups in total. The third-order valence-electron chi connectivity index (χ3n) is 6.29. The molecule has 1 heterocycles. The van der Waals surface area contributed by atoms with Crippen LogP contribution >= 0.6 is 0 Å². The van der Waals surface area contributed by atoms with E-state index in [0.29, 0.717) is 0 Å². The van der Waals surface area contributed by atoms with Crippen LogP contribution in [0.4, 0.5) is 0 Å². The fraction of sp³-hybridized carbons (Fsp3) is 0.0667. The summed E-state index contributed by atoms with van der Waals surface area (Å²) in [5, 5.41) is 0. The number of hydrogen-bond donors (Lipinski definition) is 0. The van der Waals surface area contributed by atoms with Crippen LogP contribution < -0.4 is 10.9 Å². The van der Waals surface area contributed by atoms with Gasteiger partial charge in [0.2, 0.25) is 0 Å². The van der Waals surface area contributed by atoms with E-state index in [-0.39, 0.29) is 0 Å². The minimum Gasteiger partial charge on any atom is -0.228 e. The van der Waals surface area contributed by atoms with Gasteiger partial charge < -0.3 is 0 Å². The van der Waals surface area contributed by atoms with E-state index < -0.39 is 0 Å². The van der Waals surface area contributed by atoms with Crippen LogP contribution in [0.5, 0.6) is 0 Å². The molecule has 0 unspecified atom stereocenters. The highest BCUT2D eigenvalue weighted by atomic mass is 14.9. The van der Waals surface area contributed by atoms with Crippen LogP contribution in [-0.2, 0) is 0 Å². The molecule has 4 aromatic carbocycles. The number of benzene rings is 4. The summed E-state index contributed by atoms with van der Waals surface area (Å²) in [5.74, 6) is 0.742. The lowest BCUT2D eigenvalue weighted by atomic mass is 9.73. The average Bonchev–Trinajstić information content (AvgIpc) is 2.93. The first-order valence-corrected chi connectivity index (χ1v) is 12.0. The largest absolute Gasteiger partial charge is 0.228 e. The number of nitrogens with zero attached hydrogens (tertiary/aromatic N) is 2. The molecule has 0 radical (unpaired) electrons. The van der Waals surface area contributed by atoms with Gasteiger partial charge in [-0.3, -0.25) is 0 Å². The third kappa shape index (κ3) is 4.72. The monoisotopic (exact) mass is 436 g/mol. The molecule has 162 valence electrons. The SMILES string of the molecule is CBc1ccc(-c2cc(-c3ccc(BC)cc3)nc(-c3ccc(-c4ccccc4)cc3)n2)cc1. The van der Waals surface area contributed by atoms with Crippen molar-refractivity contribution in [2.45, 2.75) is 13.6 Å². The summed E-state index contributed by atoms with van der Waals surface area (Å²) in [6.07, 6.45) is 0. The Hall–Kier alpha value is -3.91. The molecule has 34 heavy (non-hydrogen) atoms. The Morgan fingerprint density at radius 1 is 0.441 bits per heavy atom. The average molecular weight is 436 g/mol. The summed E-state index contributed by atoms with van der Waals surface area (Å²) < 4.78 is 0. The van der Waals surface area contributed by atoms with Crippen molar-refractivity contribution in [1.82, 2.24) is 9.97 Å². The minimum atomic E-state index is 0.742. The van der Waals surface area contributed by atoms with Gasteiger partial charge in [-0.2, -0.15) is 0 Å². The standard InChI is InChI=1S/C30H26B2N2/c1-31-26-16-12-23(13-17-26)28-20-29(24-14-18-27(32-2)19-15-24)34-30(33-28)25-10-8-22(9-11-25)21-6-4-3-5-7-21/h3-20,31-32H,1-2H3. The highest BCUT2D eigenvalue weighted by Crippen LogP contribution is 2.28. The molecular formula is C30H26B2N2. The van der Waals surface area contributed by atoms with Crippen molar-refractivity contribution in [2.24, 2.45) is 0 Å². The molecular weight excluding hydrogens is 410 g/mol. The van der Waals surface area contributed by atoms with E-state index in [0.717, 1.165) is 48.5 Å². The maximum absolute atomic E-state index is 4.98. The van der Waals surface area contributed by atoms with Crippen molar-refractivity contribution >= 4 is 25.5 Å². The van der Waals surface area contributed by atoms with E-state index in [9.17, 15) is 0 Å². The summed E-state index contributed by atoms with van der Waals surface area (Å²) in [5.41, 5.74) is 10.1. The number of aromatic nitrogens is 2. The second-order valence-electron chi connectivity index (χ2n) is 8.51. The number of rotatable bonds is 6. The van der Waals surface area contributed by atoms with Gasteiger partial charge in [-0.05, 0) is 17.2 Å². The van der Waals surface area contributed by atoms with Gasteiger partial charge in [-0.1, -0.05) is 128 Å². The topological polar surface area (TPSA) is 25.8 Å². The van der Waals surface area contributed by atoms with Gasteiger partial charge >= 0.3 is 0 Å². The van der Waals surface area contributed by atoms with Gasteiger partial charge in [0, 0.05) is 16.7 Å². The highest BCUT2D eigenvalue weighted by Gasteiger charge is 2.11. The molecule has 0 atom stereocenters. The maximum Gasteiger partial charge on any atom is 0.160 e.